The van der Waals surface area contributed by atoms with Gasteiger partial charge in [0.15, 0.2) is 21.8 Å². The van der Waals surface area contributed by atoms with Crippen molar-refractivity contribution in [2.75, 3.05) is 6.26 Å². The molecule has 0 N–H and O–H groups in total. The van der Waals surface area contributed by atoms with Crippen molar-refractivity contribution in [3.05, 3.63) is 60.4 Å². The van der Waals surface area contributed by atoms with E-state index in [0.29, 0.717) is 11.6 Å². The van der Waals surface area contributed by atoms with Crippen LogP contribution in [0.1, 0.15) is 18.9 Å². The number of aromatic nitrogens is 4. The Balaban J connectivity index is 1.81. The molecule has 0 aliphatic rings. The van der Waals surface area contributed by atoms with Gasteiger partial charge in [0.1, 0.15) is 5.75 Å². The van der Waals surface area contributed by atoms with Gasteiger partial charge in [-0.25, -0.2) is 8.42 Å². The lowest BCUT2D eigenvalue weighted by atomic mass is 10.3. The van der Waals surface area contributed by atoms with Gasteiger partial charge in [-0.2, -0.15) is 4.68 Å². The maximum absolute atomic E-state index is 11.5. The summed E-state index contributed by atoms with van der Waals surface area (Å²) in [5.74, 6) is 1.09. The largest absolute Gasteiger partial charge is 0.483 e. The number of hydrogen-bond acceptors (Lipinski definition) is 6. The second-order valence-corrected chi connectivity index (χ2v) is 7.30. The Morgan fingerprint density at radius 2 is 1.71 bits per heavy atom. The second-order valence-electron chi connectivity index (χ2n) is 5.29. The molecule has 124 valence electrons. The van der Waals surface area contributed by atoms with E-state index < -0.39 is 15.9 Å². The predicted molar refractivity (Wildman–Crippen MR) is 87.7 cm³/mol. The first-order valence-electron chi connectivity index (χ1n) is 7.25. The van der Waals surface area contributed by atoms with Crippen LogP contribution < -0.4 is 4.74 Å². The molecule has 0 spiro atoms. The molecule has 0 saturated heterocycles. The molecule has 0 aliphatic carbocycles. The smallest absolute Gasteiger partial charge is 0.196 e. The normalized spacial score (nSPS) is 12.8. The summed E-state index contributed by atoms with van der Waals surface area (Å²) in [5.41, 5.74) is 0.834. The highest BCUT2D eigenvalue weighted by Gasteiger charge is 2.17. The van der Waals surface area contributed by atoms with Crippen LogP contribution in [0, 0.1) is 0 Å². The van der Waals surface area contributed by atoms with Gasteiger partial charge in [0, 0.05) is 6.26 Å². The number of para-hydroxylation sites is 1. The van der Waals surface area contributed by atoms with E-state index in [9.17, 15) is 8.42 Å². The van der Waals surface area contributed by atoms with E-state index in [1.165, 1.54) is 18.4 Å². The first kappa shape index (κ1) is 16.1. The molecule has 0 radical (unpaired) electrons. The zero-order valence-electron chi connectivity index (χ0n) is 13.2. The van der Waals surface area contributed by atoms with Crippen molar-refractivity contribution in [2.45, 2.75) is 17.9 Å². The van der Waals surface area contributed by atoms with Gasteiger partial charge in [0.25, 0.3) is 0 Å². The number of ether oxygens (including phenoxy) is 1. The lowest BCUT2D eigenvalue weighted by molar-refractivity contribution is 0.213. The number of benzene rings is 2. The standard InChI is InChI=1S/C16H16N4O3S/c1-12(23-14-8-10-15(11-9-14)24(2,21)22)16-17-18-19-20(16)13-6-4-3-5-7-13/h3-12H,1-2H3. The first-order chi connectivity index (χ1) is 11.4. The molecule has 3 aromatic rings. The molecule has 0 aliphatic heterocycles. The third kappa shape index (κ3) is 3.43. The molecule has 8 heteroatoms. The molecule has 2 aromatic carbocycles. The molecule has 1 unspecified atom stereocenters. The SMILES string of the molecule is CC(Oc1ccc(S(C)(=O)=O)cc1)c1nnnn1-c1ccccc1. The molecular formula is C16H16N4O3S. The van der Waals surface area contributed by atoms with Crippen molar-refractivity contribution < 1.29 is 13.2 Å². The van der Waals surface area contributed by atoms with Crippen LogP contribution in [0.5, 0.6) is 5.75 Å². The maximum Gasteiger partial charge on any atom is 0.196 e. The lowest BCUT2D eigenvalue weighted by Gasteiger charge is -2.14. The van der Waals surface area contributed by atoms with Crippen molar-refractivity contribution in [1.29, 1.82) is 0 Å². The summed E-state index contributed by atoms with van der Waals surface area (Å²) < 4.78 is 30.4. The van der Waals surface area contributed by atoms with Gasteiger partial charge in [-0.05, 0) is 53.7 Å². The van der Waals surface area contributed by atoms with Crippen LogP contribution in [0.25, 0.3) is 5.69 Å². The first-order valence-corrected chi connectivity index (χ1v) is 9.15. The molecular weight excluding hydrogens is 328 g/mol. The van der Waals surface area contributed by atoms with Crippen LogP contribution in [-0.4, -0.2) is 34.9 Å². The van der Waals surface area contributed by atoms with Crippen molar-refractivity contribution in [1.82, 2.24) is 20.2 Å². The Hall–Kier alpha value is -2.74. The molecule has 7 nitrogen and oxygen atoms in total. The Kier molecular flexibility index (Phi) is 4.30. The molecule has 0 fully saturated rings. The van der Waals surface area contributed by atoms with Gasteiger partial charge in [0.05, 0.1) is 10.6 Å². The molecule has 1 aromatic heterocycles. The molecule has 3 rings (SSSR count). The van der Waals surface area contributed by atoms with Crippen LogP contribution in [-0.2, 0) is 9.84 Å². The van der Waals surface area contributed by atoms with Crippen LogP contribution in [0.2, 0.25) is 0 Å². The third-order valence-corrected chi connectivity index (χ3v) is 4.55. The average Bonchev–Trinajstić information content (AvgIpc) is 3.05. The van der Waals surface area contributed by atoms with Crippen molar-refractivity contribution in [3.63, 3.8) is 0 Å². The van der Waals surface area contributed by atoms with Crippen molar-refractivity contribution in [3.8, 4) is 11.4 Å². The van der Waals surface area contributed by atoms with E-state index in [2.05, 4.69) is 15.5 Å². The highest BCUT2D eigenvalue weighted by Crippen LogP contribution is 2.23. The Morgan fingerprint density at radius 1 is 1.04 bits per heavy atom. The molecule has 1 heterocycles. The fraction of sp³-hybridized carbons (Fsp3) is 0.188. The summed E-state index contributed by atoms with van der Waals surface area (Å²) in [7, 11) is -3.23. The Labute approximate surface area is 139 Å². The van der Waals surface area contributed by atoms with Crippen molar-refractivity contribution in [2.24, 2.45) is 0 Å². The molecule has 0 bridgehead atoms. The average molecular weight is 344 g/mol. The number of rotatable bonds is 5. The van der Waals surface area contributed by atoms with Crippen LogP contribution in [0.15, 0.2) is 59.5 Å². The zero-order valence-corrected chi connectivity index (χ0v) is 14.0. The quantitative estimate of drug-likeness (QED) is 0.705. The minimum atomic E-state index is -3.23. The van der Waals surface area contributed by atoms with Crippen LogP contribution in [0.4, 0.5) is 0 Å². The summed E-state index contributed by atoms with van der Waals surface area (Å²) in [6.07, 6.45) is 0.753. The fourth-order valence-electron chi connectivity index (χ4n) is 2.22. The minimum Gasteiger partial charge on any atom is -0.483 e. The number of sulfone groups is 1. The van der Waals surface area contributed by atoms with E-state index in [4.69, 9.17) is 4.74 Å². The van der Waals surface area contributed by atoms with Gasteiger partial charge >= 0.3 is 0 Å². The van der Waals surface area contributed by atoms with Gasteiger partial charge in [0.2, 0.25) is 0 Å². The molecule has 0 amide bonds. The zero-order chi connectivity index (χ0) is 17.2. The van der Waals surface area contributed by atoms with Crippen LogP contribution in [0.3, 0.4) is 0 Å². The van der Waals surface area contributed by atoms with E-state index in [0.717, 1.165) is 5.69 Å². The van der Waals surface area contributed by atoms with E-state index in [1.807, 2.05) is 37.3 Å². The van der Waals surface area contributed by atoms with Crippen molar-refractivity contribution >= 4 is 9.84 Å². The van der Waals surface area contributed by atoms with E-state index in [-0.39, 0.29) is 4.90 Å². The fourth-order valence-corrected chi connectivity index (χ4v) is 2.85. The Bertz CT molecular complexity index is 921. The number of tetrazole rings is 1. The molecule has 24 heavy (non-hydrogen) atoms. The monoisotopic (exact) mass is 344 g/mol. The summed E-state index contributed by atoms with van der Waals surface area (Å²) in [4.78, 5) is 0.247. The molecule has 0 saturated carbocycles. The third-order valence-electron chi connectivity index (χ3n) is 3.42. The summed E-state index contributed by atoms with van der Waals surface area (Å²) in [6, 6.07) is 15.8. The number of nitrogens with zero attached hydrogens (tertiary/aromatic N) is 4. The number of hydrogen-bond donors (Lipinski definition) is 0. The van der Waals surface area contributed by atoms with Gasteiger partial charge in [-0.15, -0.1) is 5.10 Å². The highest BCUT2D eigenvalue weighted by atomic mass is 32.2. The molecule has 1 atom stereocenters. The maximum atomic E-state index is 11.5. The highest BCUT2D eigenvalue weighted by molar-refractivity contribution is 7.90. The predicted octanol–water partition coefficient (Wildman–Crippen LogP) is 2.21. The van der Waals surface area contributed by atoms with E-state index in [1.54, 1.807) is 16.8 Å². The Morgan fingerprint density at radius 3 is 2.33 bits per heavy atom. The van der Waals surface area contributed by atoms with Crippen LogP contribution >= 0.6 is 0 Å². The summed E-state index contributed by atoms with van der Waals surface area (Å²) in [5, 5.41) is 11.7. The van der Waals surface area contributed by atoms with Gasteiger partial charge in [-0.1, -0.05) is 18.2 Å². The second kappa shape index (κ2) is 6.40. The minimum absolute atomic E-state index is 0.247. The summed E-state index contributed by atoms with van der Waals surface area (Å²) in [6.45, 7) is 1.83. The topological polar surface area (TPSA) is 87.0 Å². The summed E-state index contributed by atoms with van der Waals surface area (Å²) >= 11 is 0. The van der Waals surface area contributed by atoms with E-state index >= 15 is 0 Å². The van der Waals surface area contributed by atoms with Gasteiger partial charge < -0.3 is 4.74 Å². The van der Waals surface area contributed by atoms with Gasteiger partial charge in [-0.3, -0.25) is 0 Å². The lowest BCUT2D eigenvalue weighted by Crippen LogP contribution is -2.11.